The van der Waals surface area contributed by atoms with Crippen molar-refractivity contribution in [1.29, 1.82) is 0 Å². The largest absolute Gasteiger partial charge is 0.380 e. The smallest absolute Gasteiger partial charge is 0.0716 e. The fourth-order valence-electron chi connectivity index (χ4n) is 3.21. The van der Waals surface area contributed by atoms with Crippen molar-refractivity contribution in [2.45, 2.75) is 32.0 Å². The van der Waals surface area contributed by atoms with Crippen molar-refractivity contribution in [3.63, 3.8) is 0 Å². The highest BCUT2D eigenvalue weighted by Gasteiger charge is 2.40. The van der Waals surface area contributed by atoms with Gasteiger partial charge in [-0.2, -0.15) is 0 Å². The lowest BCUT2D eigenvalue weighted by atomic mass is 9.71. The number of hydrogen-bond donors (Lipinski definition) is 1. The Hall–Kier alpha value is -1.12. The molecule has 0 aromatic heterocycles. The minimum atomic E-state index is 0.685. The average molecular weight is 243 g/mol. The van der Waals surface area contributed by atoms with Crippen LogP contribution in [0.5, 0.6) is 0 Å². The zero-order chi connectivity index (χ0) is 12.4. The number of methoxy groups -OCH3 is 1. The quantitative estimate of drug-likeness (QED) is 0.803. The van der Waals surface area contributed by atoms with E-state index in [1.165, 1.54) is 24.0 Å². The Kier molecular flexibility index (Phi) is 3.48. The van der Waals surface area contributed by atoms with E-state index in [4.69, 9.17) is 4.74 Å². The molecule has 2 aliphatic carbocycles. The first-order chi connectivity index (χ1) is 8.88. The Morgan fingerprint density at radius 1 is 1.28 bits per heavy atom. The van der Waals surface area contributed by atoms with E-state index in [0.717, 1.165) is 18.4 Å². The summed E-state index contributed by atoms with van der Waals surface area (Å²) in [4.78, 5) is 0. The predicted octanol–water partition coefficient (Wildman–Crippen LogP) is 2.89. The molecule has 2 aliphatic rings. The molecule has 0 amide bonds. The van der Waals surface area contributed by atoms with Crippen LogP contribution in [0.2, 0.25) is 0 Å². The topological polar surface area (TPSA) is 21.3 Å². The summed E-state index contributed by atoms with van der Waals surface area (Å²) < 4.78 is 5.25. The molecule has 1 saturated carbocycles. The molecule has 96 valence electrons. The van der Waals surface area contributed by atoms with Crippen molar-refractivity contribution in [3.8, 4) is 0 Å². The van der Waals surface area contributed by atoms with E-state index < -0.39 is 0 Å². The number of rotatable bonds is 5. The van der Waals surface area contributed by atoms with Gasteiger partial charge in [-0.05, 0) is 35.8 Å². The third kappa shape index (κ3) is 2.23. The Bertz CT molecular complexity index is 440. The van der Waals surface area contributed by atoms with E-state index >= 15 is 0 Å². The maximum absolute atomic E-state index is 5.25. The molecule has 3 rings (SSSR count). The van der Waals surface area contributed by atoms with Crippen molar-refractivity contribution >= 4 is 0 Å². The van der Waals surface area contributed by atoms with Gasteiger partial charge >= 0.3 is 0 Å². The van der Waals surface area contributed by atoms with Crippen LogP contribution in [0, 0.1) is 11.8 Å². The van der Waals surface area contributed by atoms with Gasteiger partial charge in [-0.1, -0.05) is 36.4 Å². The molecule has 18 heavy (non-hydrogen) atoms. The van der Waals surface area contributed by atoms with Crippen LogP contribution in [0.25, 0.3) is 0 Å². The number of fused-ring (bicyclic) bond motifs is 1. The van der Waals surface area contributed by atoms with Crippen LogP contribution in [-0.2, 0) is 17.9 Å². The molecular formula is C16H21NO. The molecule has 1 aromatic rings. The van der Waals surface area contributed by atoms with E-state index in [0.29, 0.717) is 12.6 Å². The molecule has 0 heterocycles. The van der Waals surface area contributed by atoms with Gasteiger partial charge < -0.3 is 10.1 Å². The SMILES string of the molecule is COCc1ccccc1CNC1CC2CC=CC21. The number of ether oxygens (including phenoxy) is 1. The molecule has 0 bridgehead atoms. The number of allylic oxidation sites excluding steroid dienone is 1. The summed E-state index contributed by atoms with van der Waals surface area (Å²) in [5.74, 6) is 1.72. The highest BCUT2D eigenvalue weighted by atomic mass is 16.5. The molecule has 0 radical (unpaired) electrons. The first-order valence-corrected chi connectivity index (χ1v) is 6.84. The summed E-state index contributed by atoms with van der Waals surface area (Å²) >= 11 is 0. The van der Waals surface area contributed by atoms with Crippen LogP contribution in [0.4, 0.5) is 0 Å². The molecule has 3 unspecified atom stereocenters. The Labute approximate surface area is 109 Å². The van der Waals surface area contributed by atoms with Crippen LogP contribution < -0.4 is 5.32 Å². The first kappa shape index (κ1) is 11.9. The maximum Gasteiger partial charge on any atom is 0.0716 e. The maximum atomic E-state index is 5.25. The van der Waals surface area contributed by atoms with Crippen molar-refractivity contribution in [3.05, 3.63) is 47.5 Å². The second-order valence-electron chi connectivity index (χ2n) is 5.43. The molecule has 1 fully saturated rings. The minimum Gasteiger partial charge on any atom is -0.380 e. The van der Waals surface area contributed by atoms with Crippen LogP contribution in [0.1, 0.15) is 24.0 Å². The summed E-state index contributed by atoms with van der Waals surface area (Å²) in [5, 5.41) is 3.70. The molecule has 0 aliphatic heterocycles. The minimum absolute atomic E-state index is 0.685. The van der Waals surface area contributed by atoms with Crippen LogP contribution >= 0.6 is 0 Å². The predicted molar refractivity (Wildman–Crippen MR) is 73.1 cm³/mol. The third-order valence-electron chi connectivity index (χ3n) is 4.34. The van der Waals surface area contributed by atoms with Crippen molar-refractivity contribution in [2.75, 3.05) is 7.11 Å². The van der Waals surface area contributed by atoms with Gasteiger partial charge in [-0.15, -0.1) is 0 Å². The second-order valence-corrected chi connectivity index (χ2v) is 5.43. The Balaban J connectivity index is 1.58. The lowest BCUT2D eigenvalue weighted by Crippen LogP contribution is -2.47. The Morgan fingerprint density at radius 2 is 2.11 bits per heavy atom. The zero-order valence-corrected chi connectivity index (χ0v) is 10.9. The summed E-state index contributed by atoms with van der Waals surface area (Å²) in [5.41, 5.74) is 2.66. The summed E-state index contributed by atoms with van der Waals surface area (Å²) in [6.45, 7) is 1.66. The molecule has 1 N–H and O–H groups in total. The molecule has 0 spiro atoms. The standard InChI is InChI=1S/C16H21NO/c1-18-11-14-6-3-2-5-13(14)10-17-16-9-12-7-4-8-15(12)16/h2-6,8,12,15-17H,7,9-11H2,1H3. The summed E-state index contributed by atoms with van der Waals surface area (Å²) in [7, 11) is 1.75. The second kappa shape index (κ2) is 5.25. The normalized spacial score (nSPS) is 29.1. The fraction of sp³-hybridized carbons (Fsp3) is 0.500. The zero-order valence-electron chi connectivity index (χ0n) is 10.9. The highest BCUT2D eigenvalue weighted by Crippen LogP contribution is 2.42. The van der Waals surface area contributed by atoms with Gasteiger partial charge in [0.25, 0.3) is 0 Å². The van der Waals surface area contributed by atoms with Gasteiger partial charge in [0.1, 0.15) is 0 Å². The molecule has 0 saturated heterocycles. The molecule has 2 nitrogen and oxygen atoms in total. The van der Waals surface area contributed by atoms with Gasteiger partial charge in [0, 0.05) is 19.7 Å². The molecule has 2 heteroatoms. The fourth-order valence-corrected chi connectivity index (χ4v) is 3.21. The van der Waals surface area contributed by atoms with Crippen LogP contribution in [-0.4, -0.2) is 13.2 Å². The molecule has 3 atom stereocenters. The van der Waals surface area contributed by atoms with Gasteiger partial charge in [-0.25, -0.2) is 0 Å². The summed E-state index contributed by atoms with van der Waals surface area (Å²) in [6.07, 6.45) is 7.37. The van der Waals surface area contributed by atoms with Crippen molar-refractivity contribution < 1.29 is 4.74 Å². The number of nitrogens with one attached hydrogen (secondary N) is 1. The lowest BCUT2D eigenvalue weighted by Gasteiger charge is -2.41. The average Bonchev–Trinajstić information content (AvgIpc) is 2.74. The van der Waals surface area contributed by atoms with E-state index in [1.807, 2.05) is 0 Å². The van der Waals surface area contributed by atoms with Crippen molar-refractivity contribution in [1.82, 2.24) is 5.32 Å². The highest BCUT2D eigenvalue weighted by molar-refractivity contribution is 5.26. The van der Waals surface area contributed by atoms with E-state index in [1.54, 1.807) is 7.11 Å². The van der Waals surface area contributed by atoms with Crippen LogP contribution in [0.3, 0.4) is 0 Å². The van der Waals surface area contributed by atoms with Gasteiger partial charge in [0.2, 0.25) is 0 Å². The van der Waals surface area contributed by atoms with Crippen LogP contribution in [0.15, 0.2) is 36.4 Å². The van der Waals surface area contributed by atoms with Gasteiger partial charge in [0.15, 0.2) is 0 Å². The Morgan fingerprint density at radius 3 is 2.89 bits per heavy atom. The molecular weight excluding hydrogens is 222 g/mol. The van der Waals surface area contributed by atoms with Crippen molar-refractivity contribution in [2.24, 2.45) is 11.8 Å². The summed E-state index contributed by atoms with van der Waals surface area (Å²) in [6, 6.07) is 9.22. The third-order valence-corrected chi connectivity index (χ3v) is 4.34. The van der Waals surface area contributed by atoms with Gasteiger partial charge in [-0.3, -0.25) is 0 Å². The first-order valence-electron chi connectivity index (χ1n) is 6.84. The van der Waals surface area contributed by atoms with E-state index in [2.05, 4.69) is 41.7 Å². The lowest BCUT2D eigenvalue weighted by molar-refractivity contribution is 0.160. The van der Waals surface area contributed by atoms with E-state index in [9.17, 15) is 0 Å². The monoisotopic (exact) mass is 243 g/mol. The number of hydrogen-bond acceptors (Lipinski definition) is 2. The molecule has 1 aromatic carbocycles. The number of benzene rings is 1. The van der Waals surface area contributed by atoms with Gasteiger partial charge in [0.05, 0.1) is 6.61 Å². The van der Waals surface area contributed by atoms with E-state index in [-0.39, 0.29) is 0 Å².